The van der Waals surface area contributed by atoms with Crippen molar-refractivity contribution in [2.24, 2.45) is 0 Å². The second-order valence-electron chi connectivity index (χ2n) is 6.88. The minimum absolute atomic E-state index is 0.0772. The van der Waals surface area contributed by atoms with Crippen LogP contribution in [0.3, 0.4) is 0 Å². The van der Waals surface area contributed by atoms with Gasteiger partial charge in [-0.05, 0) is 42.0 Å². The molecule has 0 saturated carbocycles. The minimum atomic E-state index is 0.0772. The second kappa shape index (κ2) is 10.8. The standard InChI is InChI=1S/C23H25NOS.CH4O/c1-16(2)22-15-21(17(3)26-22)24-23(25)14-11-18-9-12-20(13-10-18)19-7-5-4-6-8-19;1-2/h4-10,12-13,15-16H,11,14H2,1-3H3,(H,24,25);2H,1H3. The van der Waals surface area contributed by atoms with Gasteiger partial charge >= 0.3 is 0 Å². The van der Waals surface area contributed by atoms with Crippen LogP contribution in [0, 0.1) is 6.92 Å². The third-order valence-corrected chi connectivity index (χ3v) is 5.83. The second-order valence-corrected chi connectivity index (χ2v) is 8.17. The zero-order chi connectivity index (χ0) is 20.5. The van der Waals surface area contributed by atoms with Crippen molar-refractivity contribution in [2.75, 3.05) is 12.4 Å². The fourth-order valence-electron chi connectivity index (χ4n) is 2.88. The monoisotopic (exact) mass is 395 g/mol. The molecule has 1 amide bonds. The van der Waals surface area contributed by atoms with Crippen molar-refractivity contribution in [3.8, 4) is 11.1 Å². The van der Waals surface area contributed by atoms with E-state index in [0.717, 1.165) is 19.2 Å². The molecule has 2 aromatic carbocycles. The van der Waals surface area contributed by atoms with E-state index >= 15 is 0 Å². The first-order valence-electron chi connectivity index (χ1n) is 9.52. The van der Waals surface area contributed by atoms with E-state index in [4.69, 9.17) is 5.11 Å². The molecule has 1 aromatic heterocycles. The predicted molar refractivity (Wildman–Crippen MR) is 120 cm³/mol. The summed E-state index contributed by atoms with van der Waals surface area (Å²) in [4.78, 5) is 14.8. The number of benzene rings is 2. The highest BCUT2D eigenvalue weighted by molar-refractivity contribution is 7.12. The Labute approximate surface area is 172 Å². The molecule has 4 heteroatoms. The Morgan fingerprint density at radius 1 is 1.00 bits per heavy atom. The summed E-state index contributed by atoms with van der Waals surface area (Å²) < 4.78 is 0. The first kappa shape index (κ1) is 21.9. The molecule has 3 aromatic rings. The van der Waals surface area contributed by atoms with Gasteiger partial charge < -0.3 is 10.4 Å². The molecule has 0 aliphatic carbocycles. The highest BCUT2D eigenvalue weighted by atomic mass is 32.1. The van der Waals surface area contributed by atoms with Gasteiger partial charge in [0, 0.05) is 23.3 Å². The topological polar surface area (TPSA) is 49.3 Å². The van der Waals surface area contributed by atoms with Crippen molar-refractivity contribution >= 4 is 22.9 Å². The highest BCUT2D eigenvalue weighted by Crippen LogP contribution is 2.31. The van der Waals surface area contributed by atoms with Crippen LogP contribution in [0.5, 0.6) is 0 Å². The molecule has 0 atom stereocenters. The predicted octanol–water partition coefficient (Wildman–Crippen LogP) is 6.03. The average molecular weight is 396 g/mol. The number of aliphatic hydroxyl groups excluding tert-OH is 1. The third-order valence-electron chi connectivity index (χ3n) is 4.48. The van der Waals surface area contributed by atoms with Crippen LogP contribution in [0.25, 0.3) is 11.1 Å². The lowest BCUT2D eigenvalue weighted by atomic mass is 10.0. The van der Waals surface area contributed by atoms with Crippen molar-refractivity contribution in [3.63, 3.8) is 0 Å². The molecule has 0 radical (unpaired) electrons. The van der Waals surface area contributed by atoms with Crippen LogP contribution >= 0.6 is 11.3 Å². The molecule has 0 aliphatic heterocycles. The summed E-state index contributed by atoms with van der Waals surface area (Å²) in [6.45, 7) is 6.42. The van der Waals surface area contributed by atoms with E-state index in [1.165, 1.54) is 26.4 Å². The molecule has 0 unspecified atom stereocenters. The Morgan fingerprint density at radius 3 is 2.18 bits per heavy atom. The molecule has 3 rings (SSSR count). The number of anilines is 1. The number of amides is 1. The summed E-state index contributed by atoms with van der Waals surface area (Å²) in [5, 5.41) is 10.1. The van der Waals surface area contributed by atoms with Crippen LogP contribution in [-0.2, 0) is 11.2 Å². The van der Waals surface area contributed by atoms with Gasteiger partial charge in [-0.3, -0.25) is 4.79 Å². The van der Waals surface area contributed by atoms with Gasteiger partial charge in [-0.15, -0.1) is 11.3 Å². The third kappa shape index (κ3) is 6.04. The summed E-state index contributed by atoms with van der Waals surface area (Å²) in [7, 11) is 1.00. The molecule has 148 valence electrons. The molecule has 1 heterocycles. The van der Waals surface area contributed by atoms with Crippen LogP contribution in [0.15, 0.2) is 60.7 Å². The van der Waals surface area contributed by atoms with Crippen molar-refractivity contribution in [1.29, 1.82) is 0 Å². The van der Waals surface area contributed by atoms with Gasteiger partial charge in [0.05, 0.1) is 5.69 Å². The number of hydrogen-bond donors (Lipinski definition) is 2. The zero-order valence-electron chi connectivity index (χ0n) is 17.0. The maximum absolute atomic E-state index is 12.3. The summed E-state index contributed by atoms with van der Waals surface area (Å²) in [5.41, 5.74) is 4.56. The Bertz CT molecular complexity index is 867. The van der Waals surface area contributed by atoms with Gasteiger partial charge in [-0.1, -0.05) is 68.4 Å². The lowest BCUT2D eigenvalue weighted by Gasteiger charge is -2.06. The molecule has 0 fully saturated rings. The summed E-state index contributed by atoms with van der Waals surface area (Å²) in [6.07, 6.45) is 1.25. The van der Waals surface area contributed by atoms with Gasteiger partial charge in [-0.25, -0.2) is 0 Å². The van der Waals surface area contributed by atoms with Gasteiger partial charge in [0.2, 0.25) is 5.91 Å². The van der Waals surface area contributed by atoms with E-state index in [0.29, 0.717) is 12.3 Å². The number of thiophene rings is 1. The van der Waals surface area contributed by atoms with Crippen molar-refractivity contribution in [2.45, 2.75) is 39.5 Å². The van der Waals surface area contributed by atoms with Crippen LogP contribution in [0.2, 0.25) is 0 Å². The number of carbonyl (C=O) groups is 1. The minimum Gasteiger partial charge on any atom is -0.400 e. The van der Waals surface area contributed by atoms with Gasteiger partial charge in [0.15, 0.2) is 0 Å². The van der Waals surface area contributed by atoms with Crippen LogP contribution in [-0.4, -0.2) is 18.1 Å². The van der Waals surface area contributed by atoms with Crippen molar-refractivity contribution in [1.82, 2.24) is 0 Å². The van der Waals surface area contributed by atoms with Crippen LogP contribution < -0.4 is 5.32 Å². The first-order chi connectivity index (χ1) is 13.5. The number of carbonyl (C=O) groups excluding carboxylic acids is 1. The Kier molecular flexibility index (Phi) is 8.42. The molecule has 0 spiro atoms. The van der Waals surface area contributed by atoms with Crippen molar-refractivity contribution < 1.29 is 9.90 Å². The molecule has 3 nitrogen and oxygen atoms in total. The molecule has 0 bridgehead atoms. The SMILES string of the molecule is CO.Cc1sc(C(C)C)cc1NC(=O)CCc1ccc(-c2ccccc2)cc1. The van der Waals surface area contributed by atoms with E-state index in [-0.39, 0.29) is 5.91 Å². The van der Waals surface area contributed by atoms with E-state index in [1.54, 1.807) is 11.3 Å². The number of aryl methyl sites for hydroxylation is 2. The number of hydrogen-bond acceptors (Lipinski definition) is 3. The quantitative estimate of drug-likeness (QED) is 0.535. The fourth-order valence-corrected chi connectivity index (χ4v) is 3.86. The van der Waals surface area contributed by atoms with E-state index < -0.39 is 0 Å². The summed E-state index contributed by atoms with van der Waals surface area (Å²) in [5.74, 6) is 0.570. The smallest absolute Gasteiger partial charge is 0.224 e. The van der Waals surface area contributed by atoms with Crippen LogP contribution in [0.4, 0.5) is 5.69 Å². The largest absolute Gasteiger partial charge is 0.400 e. The number of aliphatic hydroxyl groups is 1. The Hall–Kier alpha value is -2.43. The zero-order valence-corrected chi connectivity index (χ0v) is 17.8. The highest BCUT2D eigenvalue weighted by Gasteiger charge is 2.11. The lowest BCUT2D eigenvalue weighted by Crippen LogP contribution is -2.12. The fraction of sp³-hybridized carbons (Fsp3) is 0.292. The molecular formula is C24H29NO2S. The molecule has 2 N–H and O–H groups in total. The molecule has 0 saturated heterocycles. The maximum atomic E-state index is 12.3. The summed E-state index contributed by atoms with van der Waals surface area (Å²) in [6, 6.07) is 20.9. The lowest BCUT2D eigenvalue weighted by molar-refractivity contribution is -0.116. The normalized spacial score (nSPS) is 10.4. The van der Waals surface area contributed by atoms with Gasteiger partial charge in [0.25, 0.3) is 0 Å². The number of rotatable bonds is 6. The summed E-state index contributed by atoms with van der Waals surface area (Å²) >= 11 is 1.76. The Balaban J connectivity index is 0.00000136. The molecule has 28 heavy (non-hydrogen) atoms. The van der Waals surface area contributed by atoms with E-state index in [9.17, 15) is 4.79 Å². The molecule has 0 aliphatic rings. The number of nitrogens with one attached hydrogen (secondary N) is 1. The average Bonchev–Trinajstić information content (AvgIpc) is 3.10. The van der Waals surface area contributed by atoms with E-state index in [2.05, 4.69) is 68.6 Å². The van der Waals surface area contributed by atoms with Gasteiger partial charge in [0.1, 0.15) is 0 Å². The maximum Gasteiger partial charge on any atom is 0.224 e. The van der Waals surface area contributed by atoms with Gasteiger partial charge in [-0.2, -0.15) is 0 Å². The Morgan fingerprint density at radius 2 is 1.61 bits per heavy atom. The van der Waals surface area contributed by atoms with E-state index in [1.807, 2.05) is 18.2 Å². The first-order valence-corrected chi connectivity index (χ1v) is 10.3. The molecular weight excluding hydrogens is 366 g/mol. The van der Waals surface area contributed by atoms with Crippen molar-refractivity contribution in [3.05, 3.63) is 76.0 Å². The van der Waals surface area contributed by atoms with Crippen LogP contribution in [0.1, 0.15) is 41.5 Å².